The molecule has 0 bridgehead atoms. The van der Waals surface area contributed by atoms with Crippen LogP contribution in [-0.2, 0) is 21.6 Å². The fourth-order valence-corrected chi connectivity index (χ4v) is 2.76. The van der Waals surface area contributed by atoms with Gasteiger partial charge >= 0.3 is 5.97 Å². The second-order valence-corrected chi connectivity index (χ2v) is 5.68. The number of hydrogen-bond donors (Lipinski definition) is 1. The summed E-state index contributed by atoms with van der Waals surface area (Å²) in [4.78, 5) is 13.0. The fraction of sp³-hybridized carbons (Fsp3) is 0.267. The number of carbonyl (C=O) groups excluding carboxylic acids is 1. The minimum Gasteiger partial charge on any atom is -0.467 e. The molecule has 0 saturated carbocycles. The zero-order valence-corrected chi connectivity index (χ0v) is 12.5. The van der Waals surface area contributed by atoms with Crippen LogP contribution in [0.2, 0.25) is 0 Å². The van der Waals surface area contributed by atoms with E-state index in [2.05, 4.69) is 5.32 Å². The quantitative estimate of drug-likeness (QED) is 0.862. The maximum absolute atomic E-state index is 14.0. The first-order valence-electron chi connectivity index (χ1n) is 6.29. The zero-order chi connectivity index (χ0) is 15.5. The molecule has 0 fully saturated rings. The summed E-state index contributed by atoms with van der Waals surface area (Å²) in [5.74, 6) is -2.33. The Morgan fingerprint density at radius 3 is 2.48 bits per heavy atom. The molecule has 1 aromatic heterocycles. The minimum atomic E-state index is -1.60. The third-order valence-corrected chi connectivity index (χ3v) is 4.13. The van der Waals surface area contributed by atoms with Gasteiger partial charge in [0.15, 0.2) is 0 Å². The van der Waals surface area contributed by atoms with Gasteiger partial charge in [0.25, 0.3) is 0 Å². The highest BCUT2D eigenvalue weighted by molar-refractivity contribution is 7.09. The van der Waals surface area contributed by atoms with Crippen molar-refractivity contribution in [2.45, 2.75) is 19.0 Å². The van der Waals surface area contributed by atoms with E-state index in [1.165, 1.54) is 31.4 Å². The Labute approximate surface area is 125 Å². The van der Waals surface area contributed by atoms with Gasteiger partial charge in [0.05, 0.1) is 12.7 Å². The molecule has 2 aromatic rings. The van der Waals surface area contributed by atoms with E-state index in [0.717, 1.165) is 17.0 Å². The number of methoxy groups -OCH3 is 1. The van der Waals surface area contributed by atoms with E-state index in [0.29, 0.717) is 6.54 Å². The van der Waals surface area contributed by atoms with Crippen LogP contribution in [0.25, 0.3) is 0 Å². The third-order valence-electron chi connectivity index (χ3n) is 3.25. The predicted molar refractivity (Wildman–Crippen MR) is 76.9 cm³/mol. The Morgan fingerprint density at radius 2 is 1.95 bits per heavy atom. The lowest BCUT2D eigenvalue weighted by atomic mass is 9.90. The average Bonchev–Trinajstić information content (AvgIpc) is 2.97. The van der Waals surface area contributed by atoms with Crippen molar-refractivity contribution < 1.29 is 18.3 Å². The molecule has 1 aromatic carbocycles. The van der Waals surface area contributed by atoms with Crippen LogP contribution in [0.1, 0.15) is 17.4 Å². The van der Waals surface area contributed by atoms with Crippen molar-refractivity contribution in [2.75, 3.05) is 7.11 Å². The van der Waals surface area contributed by atoms with Crippen molar-refractivity contribution in [3.8, 4) is 0 Å². The molecule has 0 saturated heterocycles. The molecular formula is C15H15F2NO2S. The molecule has 1 atom stereocenters. The largest absolute Gasteiger partial charge is 0.467 e. The first-order chi connectivity index (χ1) is 9.99. The fourth-order valence-electron chi connectivity index (χ4n) is 2.12. The maximum Gasteiger partial charge on any atom is 0.330 e. The molecule has 21 heavy (non-hydrogen) atoms. The van der Waals surface area contributed by atoms with E-state index >= 15 is 0 Å². The summed E-state index contributed by atoms with van der Waals surface area (Å²) >= 11 is 1.48. The molecule has 1 N–H and O–H groups in total. The molecular weight excluding hydrogens is 296 g/mol. The standard InChI is InChI=1S/C15H15F2NO2S/c1-15(14(19)20-2,18-9-10-5-4-8-21-10)13-11(16)6-3-7-12(13)17/h3-8,18H,9H2,1-2H3. The van der Waals surface area contributed by atoms with Crippen LogP contribution in [0.3, 0.4) is 0 Å². The van der Waals surface area contributed by atoms with Crippen molar-refractivity contribution in [2.24, 2.45) is 0 Å². The highest BCUT2D eigenvalue weighted by Crippen LogP contribution is 2.28. The summed E-state index contributed by atoms with van der Waals surface area (Å²) in [5, 5.41) is 4.79. The van der Waals surface area contributed by atoms with Crippen molar-refractivity contribution in [3.63, 3.8) is 0 Å². The summed E-state index contributed by atoms with van der Waals surface area (Å²) in [6.07, 6.45) is 0. The maximum atomic E-state index is 14.0. The average molecular weight is 311 g/mol. The Kier molecular flexibility index (Phi) is 4.69. The molecule has 1 unspecified atom stereocenters. The van der Waals surface area contributed by atoms with E-state index in [1.807, 2.05) is 17.5 Å². The molecule has 112 valence electrons. The number of carbonyl (C=O) groups is 1. The monoisotopic (exact) mass is 311 g/mol. The van der Waals surface area contributed by atoms with Crippen LogP contribution in [0.4, 0.5) is 8.78 Å². The van der Waals surface area contributed by atoms with E-state index in [4.69, 9.17) is 4.74 Å². The lowest BCUT2D eigenvalue weighted by Crippen LogP contribution is -2.48. The highest BCUT2D eigenvalue weighted by Gasteiger charge is 2.40. The second-order valence-electron chi connectivity index (χ2n) is 4.65. The minimum absolute atomic E-state index is 0.303. The summed E-state index contributed by atoms with van der Waals surface area (Å²) < 4.78 is 32.8. The number of ether oxygens (including phenoxy) is 1. The number of esters is 1. The van der Waals surface area contributed by atoms with Gasteiger partial charge in [-0.25, -0.2) is 13.6 Å². The van der Waals surface area contributed by atoms with E-state index in [-0.39, 0.29) is 5.56 Å². The van der Waals surface area contributed by atoms with E-state index < -0.39 is 23.1 Å². The molecule has 0 amide bonds. The molecule has 0 radical (unpaired) electrons. The van der Waals surface area contributed by atoms with Gasteiger partial charge in [-0.15, -0.1) is 11.3 Å². The van der Waals surface area contributed by atoms with Crippen LogP contribution in [0.15, 0.2) is 35.7 Å². The van der Waals surface area contributed by atoms with Gasteiger partial charge in [0.2, 0.25) is 0 Å². The molecule has 0 spiro atoms. The van der Waals surface area contributed by atoms with Gasteiger partial charge in [0.1, 0.15) is 17.2 Å². The lowest BCUT2D eigenvalue weighted by Gasteiger charge is -2.29. The van der Waals surface area contributed by atoms with Crippen molar-refractivity contribution in [1.82, 2.24) is 5.32 Å². The summed E-state index contributed by atoms with van der Waals surface area (Å²) in [6.45, 7) is 1.71. The topological polar surface area (TPSA) is 38.3 Å². The molecule has 1 heterocycles. The van der Waals surface area contributed by atoms with Gasteiger partial charge in [-0.3, -0.25) is 5.32 Å². The number of nitrogens with one attached hydrogen (secondary N) is 1. The highest BCUT2D eigenvalue weighted by atomic mass is 32.1. The third kappa shape index (κ3) is 3.11. The van der Waals surface area contributed by atoms with Gasteiger partial charge in [-0.05, 0) is 30.5 Å². The number of halogens is 2. The van der Waals surface area contributed by atoms with Crippen molar-refractivity contribution >= 4 is 17.3 Å². The molecule has 0 aliphatic heterocycles. The molecule has 3 nitrogen and oxygen atoms in total. The predicted octanol–water partition coefficient (Wildman–Crippen LogP) is 3.20. The van der Waals surface area contributed by atoms with Crippen LogP contribution < -0.4 is 5.32 Å². The van der Waals surface area contributed by atoms with Gasteiger partial charge in [0, 0.05) is 11.4 Å². The normalized spacial score (nSPS) is 13.7. The number of benzene rings is 1. The van der Waals surface area contributed by atoms with Crippen LogP contribution >= 0.6 is 11.3 Å². The molecule has 6 heteroatoms. The molecule has 0 aliphatic rings. The van der Waals surface area contributed by atoms with E-state index in [9.17, 15) is 13.6 Å². The van der Waals surface area contributed by atoms with Crippen LogP contribution in [0, 0.1) is 11.6 Å². The first kappa shape index (κ1) is 15.6. The first-order valence-corrected chi connectivity index (χ1v) is 7.17. The number of thiophene rings is 1. The SMILES string of the molecule is COC(=O)C(C)(NCc1cccs1)c1c(F)cccc1F. The van der Waals surface area contributed by atoms with Gasteiger partial charge in [-0.1, -0.05) is 12.1 Å². The summed E-state index contributed by atoms with van der Waals surface area (Å²) in [7, 11) is 1.19. The Balaban J connectivity index is 2.39. The van der Waals surface area contributed by atoms with Crippen molar-refractivity contribution in [1.29, 1.82) is 0 Å². The Hall–Kier alpha value is -1.79. The second kappa shape index (κ2) is 6.32. The molecule has 0 aliphatic carbocycles. The van der Waals surface area contributed by atoms with Gasteiger partial charge in [-0.2, -0.15) is 0 Å². The van der Waals surface area contributed by atoms with E-state index in [1.54, 1.807) is 0 Å². The smallest absolute Gasteiger partial charge is 0.330 e. The van der Waals surface area contributed by atoms with Crippen molar-refractivity contribution in [3.05, 3.63) is 57.8 Å². The Bertz CT molecular complexity index is 610. The summed E-state index contributed by atoms with van der Waals surface area (Å²) in [6, 6.07) is 7.22. The van der Waals surface area contributed by atoms with Crippen LogP contribution in [-0.4, -0.2) is 13.1 Å². The number of rotatable bonds is 5. The van der Waals surface area contributed by atoms with Gasteiger partial charge < -0.3 is 4.74 Å². The number of hydrogen-bond acceptors (Lipinski definition) is 4. The molecule has 2 rings (SSSR count). The zero-order valence-electron chi connectivity index (χ0n) is 11.7. The van der Waals surface area contributed by atoms with Crippen LogP contribution in [0.5, 0.6) is 0 Å². The lowest BCUT2D eigenvalue weighted by molar-refractivity contribution is -0.148. The summed E-state index contributed by atoms with van der Waals surface area (Å²) in [5.41, 5.74) is -1.94. The Morgan fingerprint density at radius 1 is 1.29 bits per heavy atom.